The molecule has 0 fully saturated rings. The molecule has 1 rings (SSSR count). The van der Waals surface area contributed by atoms with Crippen molar-refractivity contribution in [1.29, 1.82) is 0 Å². The van der Waals surface area contributed by atoms with Crippen LogP contribution in [0, 0.1) is 0 Å². The van der Waals surface area contributed by atoms with Gasteiger partial charge in [0.2, 0.25) is 7.37 Å². The predicted molar refractivity (Wildman–Crippen MR) is 47.9 cm³/mol. The van der Waals surface area contributed by atoms with Crippen molar-refractivity contribution >= 4 is 7.37 Å². The van der Waals surface area contributed by atoms with Crippen LogP contribution in [0.15, 0.2) is 10.2 Å². The van der Waals surface area contributed by atoms with Crippen molar-refractivity contribution in [3.63, 3.8) is 0 Å². The number of hydrogen-bond donors (Lipinski definition) is 0. The normalized spacial score (nSPS) is 33.6. The lowest BCUT2D eigenvalue weighted by molar-refractivity contribution is 0.363. The van der Waals surface area contributed by atoms with Gasteiger partial charge in [-0.3, -0.25) is 4.57 Å². The van der Waals surface area contributed by atoms with Crippen LogP contribution in [0.5, 0.6) is 0 Å². The van der Waals surface area contributed by atoms with Gasteiger partial charge in [-0.25, -0.2) is 0 Å². The fourth-order valence-electron chi connectivity index (χ4n) is 1.42. The van der Waals surface area contributed by atoms with Gasteiger partial charge in [-0.1, -0.05) is 6.92 Å². The molecule has 0 saturated heterocycles. The van der Waals surface area contributed by atoms with E-state index >= 15 is 0 Å². The minimum absolute atomic E-state index is 0.527. The molecule has 1 aliphatic heterocycles. The van der Waals surface area contributed by atoms with Gasteiger partial charge in [-0.05, 0) is 6.92 Å². The van der Waals surface area contributed by atoms with Gasteiger partial charge in [-0.15, -0.1) is 0 Å². The average molecular weight is 190 g/mol. The highest BCUT2D eigenvalue weighted by molar-refractivity contribution is 7.60. The van der Waals surface area contributed by atoms with Crippen molar-refractivity contribution in [2.75, 3.05) is 19.8 Å². The molecule has 12 heavy (non-hydrogen) atoms. The third-order valence-electron chi connectivity index (χ3n) is 2.42. The van der Waals surface area contributed by atoms with Crippen molar-refractivity contribution in [1.82, 2.24) is 0 Å². The molecule has 1 aliphatic rings. The Morgan fingerprint density at radius 1 is 1.67 bits per heavy atom. The van der Waals surface area contributed by atoms with E-state index in [1.54, 1.807) is 0 Å². The van der Waals surface area contributed by atoms with Crippen molar-refractivity contribution in [3.05, 3.63) is 0 Å². The SMILES string of the molecule is CCP(=O)(OC)C1(C)CCN=N1. The van der Waals surface area contributed by atoms with E-state index in [9.17, 15) is 4.57 Å². The van der Waals surface area contributed by atoms with E-state index in [2.05, 4.69) is 10.2 Å². The first kappa shape index (κ1) is 9.87. The Bertz CT molecular complexity index is 234. The minimum atomic E-state index is -2.60. The summed E-state index contributed by atoms with van der Waals surface area (Å²) in [7, 11) is -1.11. The summed E-state index contributed by atoms with van der Waals surface area (Å²) in [6.07, 6.45) is 1.27. The molecule has 0 bridgehead atoms. The van der Waals surface area contributed by atoms with Crippen LogP contribution < -0.4 is 0 Å². The smallest absolute Gasteiger partial charge is 0.230 e. The summed E-state index contributed by atoms with van der Waals surface area (Å²) in [4.78, 5) is 0. The van der Waals surface area contributed by atoms with Gasteiger partial charge < -0.3 is 4.52 Å². The second-order valence-corrected chi connectivity index (χ2v) is 6.41. The van der Waals surface area contributed by atoms with Gasteiger partial charge in [0.25, 0.3) is 0 Å². The number of hydrogen-bond acceptors (Lipinski definition) is 4. The highest BCUT2D eigenvalue weighted by Crippen LogP contribution is 2.61. The zero-order chi connectivity index (χ0) is 9.24. The molecular weight excluding hydrogens is 175 g/mol. The summed E-state index contributed by atoms with van der Waals surface area (Å²) >= 11 is 0. The molecule has 0 spiro atoms. The molecule has 0 radical (unpaired) electrons. The highest BCUT2D eigenvalue weighted by atomic mass is 31.2. The minimum Gasteiger partial charge on any atom is -0.330 e. The fraction of sp³-hybridized carbons (Fsp3) is 1.00. The zero-order valence-electron chi connectivity index (χ0n) is 7.78. The third kappa shape index (κ3) is 1.34. The molecule has 0 aromatic carbocycles. The lowest BCUT2D eigenvalue weighted by Crippen LogP contribution is -2.21. The van der Waals surface area contributed by atoms with Crippen LogP contribution in [0.25, 0.3) is 0 Å². The van der Waals surface area contributed by atoms with Crippen LogP contribution >= 0.6 is 7.37 Å². The number of azo groups is 1. The summed E-state index contributed by atoms with van der Waals surface area (Å²) < 4.78 is 17.2. The van der Waals surface area contributed by atoms with Crippen LogP contribution in [-0.4, -0.2) is 25.1 Å². The van der Waals surface area contributed by atoms with Gasteiger partial charge in [0, 0.05) is 19.7 Å². The molecule has 0 aromatic heterocycles. The fourth-order valence-corrected chi connectivity index (χ4v) is 3.39. The van der Waals surface area contributed by atoms with E-state index in [1.807, 2.05) is 13.8 Å². The first-order valence-corrected chi connectivity index (χ1v) is 5.92. The van der Waals surface area contributed by atoms with Gasteiger partial charge in [0.1, 0.15) is 0 Å². The van der Waals surface area contributed by atoms with Crippen molar-refractivity contribution in [2.24, 2.45) is 10.2 Å². The van der Waals surface area contributed by atoms with E-state index in [0.717, 1.165) is 6.42 Å². The first-order chi connectivity index (χ1) is 5.58. The summed E-state index contributed by atoms with van der Waals surface area (Å²) in [5.74, 6) is 0. The molecule has 5 heteroatoms. The molecule has 2 unspecified atom stereocenters. The van der Waals surface area contributed by atoms with Crippen LogP contribution in [0.2, 0.25) is 0 Å². The van der Waals surface area contributed by atoms with E-state index in [1.165, 1.54) is 7.11 Å². The number of rotatable bonds is 3. The third-order valence-corrected chi connectivity index (χ3v) is 5.62. The first-order valence-electron chi connectivity index (χ1n) is 4.11. The zero-order valence-corrected chi connectivity index (χ0v) is 8.67. The molecule has 0 aliphatic carbocycles. The van der Waals surface area contributed by atoms with Crippen LogP contribution in [0.4, 0.5) is 0 Å². The van der Waals surface area contributed by atoms with Gasteiger partial charge in [0.05, 0.1) is 6.54 Å². The Hall–Kier alpha value is -0.210. The maximum absolute atomic E-state index is 12.1. The largest absolute Gasteiger partial charge is 0.330 e. The molecule has 0 N–H and O–H groups in total. The molecule has 2 atom stereocenters. The molecule has 0 saturated carbocycles. The molecule has 70 valence electrons. The summed E-state index contributed by atoms with van der Waals surface area (Å²) in [6, 6.07) is 0. The van der Waals surface area contributed by atoms with Crippen LogP contribution in [0.3, 0.4) is 0 Å². The summed E-state index contributed by atoms with van der Waals surface area (Å²) in [5, 5.41) is 7.33. The van der Waals surface area contributed by atoms with Crippen LogP contribution in [-0.2, 0) is 9.09 Å². The molecule has 0 amide bonds. The molecule has 1 heterocycles. The van der Waals surface area contributed by atoms with Crippen molar-refractivity contribution in [2.45, 2.75) is 25.5 Å². The van der Waals surface area contributed by atoms with Crippen molar-refractivity contribution in [3.8, 4) is 0 Å². The summed E-state index contributed by atoms with van der Waals surface area (Å²) in [5.41, 5.74) is 0. The molecule has 0 aromatic rings. The van der Waals surface area contributed by atoms with E-state index in [4.69, 9.17) is 4.52 Å². The Balaban J connectivity index is 2.92. The Kier molecular flexibility index (Phi) is 2.69. The lowest BCUT2D eigenvalue weighted by atomic mass is 10.3. The predicted octanol–water partition coefficient (Wildman–Crippen LogP) is 2.50. The molecular formula is C7H15N2O2P. The Morgan fingerprint density at radius 2 is 2.33 bits per heavy atom. The van der Waals surface area contributed by atoms with Gasteiger partial charge in [0.15, 0.2) is 5.28 Å². The highest BCUT2D eigenvalue weighted by Gasteiger charge is 2.45. The van der Waals surface area contributed by atoms with E-state index in [0.29, 0.717) is 12.7 Å². The average Bonchev–Trinajstić information content (AvgIpc) is 2.52. The number of nitrogens with zero attached hydrogens (tertiary/aromatic N) is 2. The Morgan fingerprint density at radius 3 is 2.67 bits per heavy atom. The monoisotopic (exact) mass is 190 g/mol. The standard InChI is InChI=1S/C7H15N2O2P/c1-4-12(10,11-3)7(2)5-6-8-9-7/h4-6H2,1-3H3. The second-order valence-electron chi connectivity index (χ2n) is 3.10. The Labute approximate surface area is 72.9 Å². The van der Waals surface area contributed by atoms with Gasteiger partial charge in [-0.2, -0.15) is 10.2 Å². The maximum Gasteiger partial charge on any atom is 0.230 e. The second kappa shape index (κ2) is 3.27. The lowest BCUT2D eigenvalue weighted by Gasteiger charge is -2.27. The van der Waals surface area contributed by atoms with Gasteiger partial charge >= 0.3 is 0 Å². The van der Waals surface area contributed by atoms with Crippen molar-refractivity contribution < 1.29 is 9.09 Å². The molecule has 4 nitrogen and oxygen atoms in total. The van der Waals surface area contributed by atoms with Crippen LogP contribution in [0.1, 0.15) is 20.3 Å². The van der Waals surface area contributed by atoms with E-state index in [-0.39, 0.29) is 0 Å². The van der Waals surface area contributed by atoms with E-state index < -0.39 is 12.6 Å². The maximum atomic E-state index is 12.1. The topological polar surface area (TPSA) is 51.0 Å². The summed E-state index contributed by atoms with van der Waals surface area (Å²) in [6.45, 7) is 4.39. The quantitative estimate of drug-likeness (QED) is 0.642.